The Morgan fingerprint density at radius 1 is 1.21 bits per heavy atom. The number of halogens is 4. The average molecular weight is 449 g/mol. The van der Waals surface area contributed by atoms with Crippen molar-refractivity contribution in [3.63, 3.8) is 0 Å². The van der Waals surface area contributed by atoms with Gasteiger partial charge in [0.15, 0.2) is 0 Å². The lowest BCUT2D eigenvalue weighted by Gasteiger charge is -2.31. The molecule has 0 saturated heterocycles. The summed E-state index contributed by atoms with van der Waals surface area (Å²) in [6, 6.07) is 7.80. The van der Waals surface area contributed by atoms with Gasteiger partial charge in [0.1, 0.15) is 6.04 Å². The minimum absolute atomic E-state index is 0.0268. The van der Waals surface area contributed by atoms with Crippen LogP contribution >= 0.6 is 11.6 Å². The number of anilines is 2. The maximum Gasteiger partial charge on any atom is 0.418 e. The van der Waals surface area contributed by atoms with Gasteiger partial charge in [-0.2, -0.15) is 13.2 Å². The maximum absolute atomic E-state index is 13.2. The van der Waals surface area contributed by atoms with Crippen LogP contribution in [0.15, 0.2) is 42.5 Å². The molecule has 2 rings (SSSR count). The fourth-order valence-electron chi connectivity index (χ4n) is 2.91. The van der Waals surface area contributed by atoms with Crippen LogP contribution in [0.1, 0.15) is 24.5 Å². The van der Waals surface area contributed by atoms with Crippen molar-refractivity contribution in [1.29, 1.82) is 0 Å². The van der Waals surface area contributed by atoms with E-state index < -0.39 is 39.4 Å². The normalized spacial score (nSPS) is 13.1. The van der Waals surface area contributed by atoms with Crippen molar-refractivity contribution in [3.05, 3.63) is 58.6 Å². The summed E-state index contributed by atoms with van der Waals surface area (Å²) in [5, 5.41) is 2.49. The Balaban J connectivity index is 2.50. The molecule has 0 spiro atoms. The molecule has 0 aliphatic carbocycles. The highest BCUT2D eigenvalue weighted by Crippen LogP contribution is 2.35. The van der Waals surface area contributed by atoms with E-state index in [1.165, 1.54) is 18.2 Å². The third-order valence-electron chi connectivity index (χ3n) is 4.23. The number of nitrogens with one attached hydrogen (secondary N) is 1. The molecule has 2 aromatic rings. The second-order valence-corrected chi connectivity index (χ2v) is 8.74. The number of alkyl halides is 3. The van der Waals surface area contributed by atoms with E-state index in [1.807, 2.05) is 0 Å². The number of carbonyl (C=O) groups excluding carboxylic acids is 1. The van der Waals surface area contributed by atoms with Crippen LogP contribution in [-0.2, 0) is 21.0 Å². The highest BCUT2D eigenvalue weighted by molar-refractivity contribution is 7.92. The first kappa shape index (κ1) is 23.0. The Hall–Kier alpha value is -2.26. The Bertz CT molecular complexity index is 1010. The van der Waals surface area contributed by atoms with Gasteiger partial charge in [0.25, 0.3) is 0 Å². The van der Waals surface area contributed by atoms with Gasteiger partial charge in [-0.3, -0.25) is 9.10 Å². The second kappa shape index (κ2) is 8.62. The number of hydrogen-bond acceptors (Lipinski definition) is 3. The number of nitrogens with zero attached hydrogens (tertiary/aromatic N) is 1. The van der Waals surface area contributed by atoms with Crippen LogP contribution in [0, 0.1) is 6.92 Å². The van der Waals surface area contributed by atoms with Crippen LogP contribution in [0.4, 0.5) is 24.5 Å². The quantitative estimate of drug-likeness (QED) is 0.687. The van der Waals surface area contributed by atoms with Crippen LogP contribution < -0.4 is 9.62 Å². The summed E-state index contributed by atoms with van der Waals surface area (Å²) in [7, 11) is -3.95. The van der Waals surface area contributed by atoms with Gasteiger partial charge in [0.2, 0.25) is 15.9 Å². The van der Waals surface area contributed by atoms with Gasteiger partial charge in [0, 0.05) is 5.02 Å². The molecule has 0 aromatic heterocycles. The summed E-state index contributed by atoms with van der Waals surface area (Å²) in [5.74, 6) is -0.881. The van der Waals surface area contributed by atoms with Crippen molar-refractivity contribution >= 4 is 38.9 Å². The summed E-state index contributed by atoms with van der Waals surface area (Å²) in [5.41, 5.74) is -0.736. The molecule has 0 heterocycles. The lowest BCUT2D eigenvalue weighted by Crippen LogP contribution is -2.47. The Kier molecular flexibility index (Phi) is 6.85. The van der Waals surface area contributed by atoms with Gasteiger partial charge >= 0.3 is 6.18 Å². The van der Waals surface area contributed by atoms with Gasteiger partial charge in [0.05, 0.1) is 23.2 Å². The molecule has 0 fully saturated rings. The molecule has 1 N–H and O–H groups in total. The smallest absolute Gasteiger partial charge is 0.324 e. The number of amides is 1. The first-order valence-corrected chi connectivity index (χ1v) is 10.8. The molecule has 5 nitrogen and oxygen atoms in total. The van der Waals surface area contributed by atoms with Crippen molar-refractivity contribution < 1.29 is 26.4 Å². The molecule has 1 atom stereocenters. The third kappa shape index (κ3) is 5.42. The zero-order chi connectivity index (χ0) is 22.0. The minimum Gasteiger partial charge on any atom is -0.324 e. The summed E-state index contributed by atoms with van der Waals surface area (Å²) in [6.07, 6.45) is -3.72. The van der Waals surface area contributed by atoms with Crippen LogP contribution in [-0.4, -0.2) is 26.6 Å². The highest BCUT2D eigenvalue weighted by atomic mass is 35.5. The number of rotatable bonds is 6. The van der Waals surface area contributed by atoms with Gasteiger partial charge < -0.3 is 5.32 Å². The Morgan fingerprint density at radius 2 is 1.83 bits per heavy atom. The molecule has 0 radical (unpaired) electrons. The largest absolute Gasteiger partial charge is 0.418 e. The molecular weight excluding hydrogens is 429 g/mol. The SMILES string of the molecule is CC[C@@H](C(=O)Nc1ccccc1C(F)(F)F)N(c1cc(Cl)ccc1C)S(C)(=O)=O. The number of sulfonamides is 1. The van der Waals surface area contributed by atoms with Crippen LogP contribution in [0.3, 0.4) is 0 Å². The first-order valence-electron chi connectivity index (χ1n) is 8.59. The predicted octanol–water partition coefficient (Wildman–Crippen LogP) is 4.85. The van der Waals surface area contributed by atoms with Crippen LogP contribution in [0.2, 0.25) is 5.02 Å². The fourth-order valence-corrected chi connectivity index (χ4v) is 4.34. The van der Waals surface area contributed by atoms with E-state index in [0.29, 0.717) is 5.56 Å². The molecule has 10 heteroatoms. The standard InChI is InChI=1S/C19H20ClF3N2O3S/c1-4-16(18(26)24-15-8-6-5-7-14(15)19(21,22)23)25(29(3,27)28)17-11-13(20)10-9-12(17)2/h5-11,16H,4H2,1-3H3,(H,24,26)/t16-/m0/s1. The number of para-hydroxylation sites is 1. The molecule has 0 aliphatic heterocycles. The Labute approximate surface area is 172 Å². The lowest BCUT2D eigenvalue weighted by molar-refractivity contribution is -0.137. The number of carbonyl (C=O) groups is 1. The zero-order valence-corrected chi connectivity index (χ0v) is 17.5. The maximum atomic E-state index is 13.2. The second-order valence-electron chi connectivity index (χ2n) is 6.45. The van der Waals surface area contributed by atoms with Crippen LogP contribution in [0.5, 0.6) is 0 Å². The molecule has 0 saturated carbocycles. The van der Waals surface area contributed by atoms with E-state index in [4.69, 9.17) is 11.6 Å². The fraction of sp³-hybridized carbons (Fsp3) is 0.316. The number of hydrogen-bond donors (Lipinski definition) is 1. The van der Waals surface area contributed by atoms with E-state index in [1.54, 1.807) is 26.0 Å². The minimum atomic E-state index is -4.67. The summed E-state index contributed by atoms with van der Waals surface area (Å²) >= 11 is 5.99. The number of benzene rings is 2. The topological polar surface area (TPSA) is 66.5 Å². The van der Waals surface area contributed by atoms with Gasteiger partial charge in [-0.05, 0) is 43.2 Å². The van der Waals surface area contributed by atoms with Crippen molar-refractivity contribution in [3.8, 4) is 0 Å². The molecule has 0 aliphatic rings. The highest BCUT2D eigenvalue weighted by Gasteiger charge is 2.36. The average Bonchev–Trinajstić information content (AvgIpc) is 2.60. The van der Waals surface area contributed by atoms with E-state index >= 15 is 0 Å². The summed E-state index contributed by atoms with van der Waals surface area (Å²) < 4.78 is 65.6. The van der Waals surface area contributed by atoms with E-state index in [2.05, 4.69) is 5.32 Å². The first-order chi connectivity index (χ1) is 13.4. The third-order valence-corrected chi connectivity index (χ3v) is 5.63. The van der Waals surface area contributed by atoms with E-state index in [0.717, 1.165) is 22.7 Å². The molecule has 2 aromatic carbocycles. The molecule has 0 bridgehead atoms. The predicted molar refractivity (Wildman–Crippen MR) is 108 cm³/mol. The summed E-state index contributed by atoms with van der Waals surface area (Å²) in [4.78, 5) is 12.9. The number of aryl methyl sites for hydroxylation is 1. The zero-order valence-electron chi connectivity index (χ0n) is 15.9. The molecule has 1 amide bonds. The van der Waals surface area contributed by atoms with Gasteiger partial charge in [-0.1, -0.05) is 36.7 Å². The molecule has 158 valence electrons. The monoisotopic (exact) mass is 448 g/mol. The molecule has 29 heavy (non-hydrogen) atoms. The molecular formula is C19H20ClF3N2O3S. The van der Waals surface area contributed by atoms with Gasteiger partial charge in [-0.25, -0.2) is 8.42 Å². The summed E-state index contributed by atoms with van der Waals surface area (Å²) in [6.45, 7) is 3.21. The lowest BCUT2D eigenvalue weighted by atomic mass is 10.1. The van der Waals surface area contributed by atoms with Crippen molar-refractivity contribution in [2.75, 3.05) is 15.9 Å². The Morgan fingerprint density at radius 3 is 2.38 bits per heavy atom. The van der Waals surface area contributed by atoms with Crippen molar-refractivity contribution in [1.82, 2.24) is 0 Å². The van der Waals surface area contributed by atoms with Crippen LogP contribution in [0.25, 0.3) is 0 Å². The van der Waals surface area contributed by atoms with Crippen molar-refractivity contribution in [2.24, 2.45) is 0 Å². The van der Waals surface area contributed by atoms with Crippen molar-refractivity contribution in [2.45, 2.75) is 32.5 Å². The van der Waals surface area contributed by atoms with Gasteiger partial charge in [-0.15, -0.1) is 0 Å². The molecule has 0 unspecified atom stereocenters. The van der Waals surface area contributed by atoms with E-state index in [-0.39, 0.29) is 17.1 Å². The van der Waals surface area contributed by atoms with E-state index in [9.17, 15) is 26.4 Å².